The Morgan fingerprint density at radius 3 is 1.97 bits per heavy atom. The van der Waals surface area contributed by atoms with E-state index >= 15 is 0 Å². The monoisotopic (exact) mass is 454 g/mol. The maximum Gasteiger partial charge on any atom is 0.0204 e. The van der Waals surface area contributed by atoms with Crippen LogP contribution in [0.3, 0.4) is 0 Å². The quantitative estimate of drug-likeness (QED) is 0.218. The largest absolute Gasteiger partial charge is 0.315 e. The standard InChI is InChI=1S/C26H58N6/c1-24(2,3)20-29-15-14-27-13-10-26(7,22-31-23-9-12-28-19-23)11-17-32(8)18-16-30-21-25(4,5)6/h23,27-31H,9-22H2,1-8H3. The average Bonchev–Trinajstić information content (AvgIpc) is 3.20. The lowest BCUT2D eigenvalue weighted by atomic mass is 9.82. The Balaban J connectivity index is 2.34. The molecule has 2 atom stereocenters. The summed E-state index contributed by atoms with van der Waals surface area (Å²) in [5.74, 6) is 0. The van der Waals surface area contributed by atoms with E-state index in [-0.39, 0.29) is 0 Å². The van der Waals surface area contributed by atoms with Gasteiger partial charge in [0, 0.05) is 58.4 Å². The molecule has 0 saturated carbocycles. The SMILES string of the molecule is CN(CCNCC(C)(C)C)CCC(C)(CCNCCNCC(C)(C)C)CNC1CCNC1. The van der Waals surface area contributed by atoms with Crippen molar-refractivity contribution in [1.29, 1.82) is 0 Å². The summed E-state index contributed by atoms with van der Waals surface area (Å²) < 4.78 is 0. The molecule has 1 saturated heterocycles. The molecule has 0 amide bonds. The number of nitrogens with one attached hydrogen (secondary N) is 5. The number of rotatable bonds is 17. The zero-order chi connectivity index (χ0) is 24.1. The number of hydrogen-bond donors (Lipinski definition) is 5. The maximum atomic E-state index is 3.86. The second-order valence-corrected chi connectivity index (χ2v) is 12.9. The van der Waals surface area contributed by atoms with Crippen molar-refractivity contribution in [1.82, 2.24) is 31.5 Å². The van der Waals surface area contributed by atoms with Gasteiger partial charge in [0.25, 0.3) is 0 Å². The molecule has 1 aliphatic heterocycles. The second-order valence-electron chi connectivity index (χ2n) is 12.9. The minimum absolute atomic E-state index is 0.321. The molecule has 1 fully saturated rings. The molecule has 1 aliphatic rings. The topological polar surface area (TPSA) is 63.4 Å². The van der Waals surface area contributed by atoms with E-state index in [0.717, 1.165) is 72.0 Å². The van der Waals surface area contributed by atoms with Gasteiger partial charge in [0.2, 0.25) is 0 Å². The third-order valence-corrected chi connectivity index (χ3v) is 6.34. The first-order valence-electron chi connectivity index (χ1n) is 13.1. The lowest BCUT2D eigenvalue weighted by Gasteiger charge is -2.33. The van der Waals surface area contributed by atoms with E-state index in [9.17, 15) is 0 Å². The van der Waals surface area contributed by atoms with E-state index in [2.05, 4.69) is 87.0 Å². The van der Waals surface area contributed by atoms with Crippen LogP contribution in [0.15, 0.2) is 0 Å². The van der Waals surface area contributed by atoms with Crippen molar-refractivity contribution in [3.63, 3.8) is 0 Å². The van der Waals surface area contributed by atoms with E-state index in [1.165, 1.54) is 19.3 Å². The average molecular weight is 455 g/mol. The molecule has 192 valence electrons. The predicted molar refractivity (Wildman–Crippen MR) is 142 cm³/mol. The third-order valence-electron chi connectivity index (χ3n) is 6.34. The molecule has 6 nitrogen and oxygen atoms in total. The molecule has 0 bridgehead atoms. The predicted octanol–water partition coefficient (Wildman–Crippen LogP) is 2.52. The van der Waals surface area contributed by atoms with Crippen molar-refractivity contribution in [2.24, 2.45) is 16.2 Å². The van der Waals surface area contributed by atoms with Crippen molar-refractivity contribution in [2.75, 3.05) is 79.0 Å². The van der Waals surface area contributed by atoms with Gasteiger partial charge in [-0.1, -0.05) is 48.5 Å². The van der Waals surface area contributed by atoms with Crippen LogP contribution in [0.5, 0.6) is 0 Å². The summed E-state index contributed by atoms with van der Waals surface area (Å²) >= 11 is 0. The molecule has 5 N–H and O–H groups in total. The molecule has 1 rings (SSSR count). The summed E-state index contributed by atoms with van der Waals surface area (Å²) in [6.07, 6.45) is 3.71. The van der Waals surface area contributed by atoms with Gasteiger partial charge in [0.05, 0.1) is 0 Å². The van der Waals surface area contributed by atoms with Gasteiger partial charge in [0.1, 0.15) is 0 Å². The maximum absolute atomic E-state index is 3.86. The van der Waals surface area contributed by atoms with Crippen LogP contribution in [0.1, 0.15) is 67.7 Å². The molecule has 0 spiro atoms. The molecule has 0 aromatic heterocycles. The van der Waals surface area contributed by atoms with Crippen LogP contribution in [-0.4, -0.2) is 90.0 Å². The van der Waals surface area contributed by atoms with Crippen LogP contribution < -0.4 is 26.6 Å². The van der Waals surface area contributed by atoms with Crippen molar-refractivity contribution in [3.8, 4) is 0 Å². The second kappa shape index (κ2) is 14.9. The Morgan fingerprint density at radius 2 is 1.38 bits per heavy atom. The lowest BCUT2D eigenvalue weighted by molar-refractivity contribution is 0.202. The Kier molecular flexibility index (Phi) is 13.9. The molecule has 0 aromatic rings. The Morgan fingerprint density at radius 1 is 0.750 bits per heavy atom. The molecule has 0 aliphatic carbocycles. The summed E-state index contributed by atoms with van der Waals surface area (Å²) in [5.41, 5.74) is 1.03. The van der Waals surface area contributed by atoms with Crippen molar-refractivity contribution in [2.45, 2.75) is 73.8 Å². The fourth-order valence-electron chi connectivity index (χ4n) is 3.98. The van der Waals surface area contributed by atoms with Crippen molar-refractivity contribution >= 4 is 0 Å². The van der Waals surface area contributed by atoms with Gasteiger partial charge in [-0.05, 0) is 62.2 Å². The highest BCUT2D eigenvalue weighted by atomic mass is 15.1. The van der Waals surface area contributed by atoms with Crippen molar-refractivity contribution < 1.29 is 0 Å². The lowest BCUT2D eigenvalue weighted by Crippen LogP contribution is -2.43. The minimum Gasteiger partial charge on any atom is -0.315 e. The molecule has 6 heteroatoms. The van der Waals surface area contributed by atoms with E-state index in [1.807, 2.05) is 0 Å². The van der Waals surface area contributed by atoms with E-state index < -0.39 is 0 Å². The first-order chi connectivity index (χ1) is 14.9. The highest BCUT2D eigenvalue weighted by Gasteiger charge is 2.26. The minimum atomic E-state index is 0.321. The first kappa shape index (κ1) is 29.8. The molecular weight excluding hydrogens is 396 g/mol. The van der Waals surface area contributed by atoms with Gasteiger partial charge < -0.3 is 31.5 Å². The summed E-state index contributed by atoms with van der Waals surface area (Å²) in [4.78, 5) is 2.49. The molecule has 0 radical (unpaired) electrons. The van der Waals surface area contributed by atoms with Gasteiger partial charge in [-0.25, -0.2) is 0 Å². The van der Waals surface area contributed by atoms with Crippen LogP contribution >= 0.6 is 0 Å². The molecule has 0 aromatic carbocycles. The number of hydrogen-bond acceptors (Lipinski definition) is 6. The summed E-state index contributed by atoms with van der Waals surface area (Å²) in [6, 6.07) is 0.642. The number of nitrogens with zero attached hydrogens (tertiary/aromatic N) is 1. The fraction of sp³-hybridized carbons (Fsp3) is 1.00. The molecular formula is C26H58N6. The third kappa shape index (κ3) is 16.4. The first-order valence-corrected chi connectivity index (χ1v) is 13.1. The Labute approximate surface area is 200 Å². The van der Waals surface area contributed by atoms with Crippen LogP contribution in [0.25, 0.3) is 0 Å². The highest BCUT2D eigenvalue weighted by Crippen LogP contribution is 2.25. The summed E-state index contributed by atoms with van der Waals surface area (Å²) in [6.45, 7) is 28.2. The van der Waals surface area contributed by atoms with Crippen LogP contribution in [0, 0.1) is 16.2 Å². The summed E-state index contributed by atoms with van der Waals surface area (Å²) in [5, 5.41) is 18.2. The van der Waals surface area contributed by atoms with Gasteiger partial charge in [-0.3, -0.25) is 0 Å². The highest BCUT2D eigenvalue weighted by molar-refractivity contribution is 4.84. The van der Waals surface area contributed by atoms with Crippen LogP contribution in [-0.2, 0) is 0 Å². The fourth-order valence-corrected chi connectivity index (χ4v) is 3.98. The normalized spacial score (nSPS) is 19.6. The van der Waals surface area contributed by atoms with E-state index in [4.69, 9.17) is 0 Å². The van der Waals surface area contributed by atoms with Gasteiger partial charge >= 0.3 is 0 Å². The van der Waals surface area contributed by atoms with Crippen LogP contribution in [0.4, 0.5) is 0 Å². The molecule has 2 unspecified atom stereocenters. The van der Waals surface area contributed by atoms with Gasteiger partial charge in [0.15, 0.2) is 0 Å². The zero-order valence-corrected chi connectivity index (χ0v) is 22.9. The smallest absolute Gasteiger partial charge is 0.0204 e. The molecule has 32 heavy (non-hydrogen) atoms. The van der Waals surface area contributed by atoms with Gasteiger partial charge in [-0.2, -0.15) is 0 Å². The Bertz CT molecular complexity index is 464. The Hall–Kier alpha value is -0.240. The van der Waals surface area contributed by atoms with E-state index in [0.29, 0.717) is 22.3 Å². The van der Waals surface area contributed by atoms with E-state index in [1.54, 1.807) is 0 Å². The summed E-state index contributed by atoms with van der Waals surface area (Å²) in [7, 11) is 2.27. The van der Waals surface area contributed by atoms with Gasteiger partial charge in [-0.15, -0.1) is 0 Å². The molecule has 1 heterocycles. The van der Waals surface area contributed by atoms with Crippen molar-refractivity contribution in [3.05, 3.63) is 0 Å². The van der Waals surface area contributed by atoms with Crippen LogP contribution in [0.2, 0.25) is 0 Å². The zero-order valence-electron chi connectivity index (χ0n) is 22.9. The number of likely N-dealkylation sites (N-methyl/N-ethyl adjacent to an activating group) is 1.